The first-order chi connectivity index (χ1) is 17.5. The second-order valence-electron chi connectivity index (χ2n) is 9.02. The Morgan fingerprint density at radius 2 is 1.94 bits per heavy atom. The number of carbonyl (C=O) groups excluding carboxylic acids is 2. The van der Waals surface area contributed by atoms with Gasteiger partial charge in [0.1, 0.15) is 5.82 Å². The maximum atomic E-state index is 12.5. The fourth-order valence-corrected chi connectivity index (χ4v) is 5.73. The lowest BCUT2D eigenvalue weighted by Gasteiger charge is -2.35. The molecule has 1 fully saturated rings. The zero-order chi connectivity index (χ0) is 25.1. The van der Waals surface area contributed by atoms with E-state index in [1.807, 2.05) is 19.1 Å². The number of piperazine rings is 1. The third kappa shape index (κ3) is 5.28. The molecule has 0 aliphatic carbocycles. The van der Waals surface area contributed by atoms with Gasteiger partial charge < -0.3 is 14.4 Å². The summed E-state index contributed by atoms with van der Waals surface area (Å²) in [5.41, 5.74) is 2.63. The first kappa shape index (κ1) is 24.8. The Kier molecular flexibility index (Phi) is 7.59. The molecule has 10 heteroatoms. The molecule has 0 N–H and O–H groups in total. The van der Waals surface area contributed by atoms with Gasteiger partial charge in [-0.2, -0.15) is 4.37 Å². The van der Waals surface area contributed by atoms with Crippen molar-refractivity contribution >= 4 is 56.8 Å². The molecule has 2 aliphatic heterocycles. The van der Waals surface area contributed by atoms with Crippen molar-refractivity contribution in [2.24, 2.45) is 0 Å². The van der Waals surface area contributed by atoms with Gasteiger partial charge in [0.2, 0.25) is 5.91 Å². The van der Waals surface area contributed by atoms with Crippen LogP contribution >= 0.6 is 23.1 Å². The van der Waals surface area contributed by atoms with Crippen molar-refractivity contribution in [3.05, 3.63) is 52.5 Å². The van der Waals surface area contributed by atoms with Gasteiger partial charge in [-0.25, -0.2) is 4.79 Å². The molecule has 1 aromatic heterocycles. The Morgan fingerprint density at radius 3 is 2.75 bits per heavy atom. The van der Waals surface area contributed by atoms with Crippen LogP contribution in [0.25, 0.3) is 10.1 Å². The van der Waals surface area contributed by atoms with Gasteiger partial charge in [0.15, 0.2) is 6.73 Å². The van der Waals surface area contributed by atoms with E-state index in [-0.39, 0.29) is 25.7 Å². The van der Waals surface area contributed by atoms with Crippen molar-refractivity contribution < 1.29 is 19.1 Å². The van der Waals surface area contributed by atoms with Crippen LogP contribution in [0, 0.1) is 0 Å². The third-order valence-electron chi connectivity index (χ3n) is 6.64. The van der Waals surface area contributed by atoms with Gasteiger partial charge in [-0.15, -0.1) is 0 Å². The molecule has 3 heterocycles. The summed E-state index contributed by atoms with van der Waals surface area (Å²) in [7, 11) is 0. The fourth-order valence-electron chi connectivity index (χ4n) is 4.68. The summed E-state index contributed by atoms with van der Waals surface area (Å²) in [5.74, 6) is 0.973. The van der Waals surface area contributed by atoms with Crippen LogP contribution in [0.1, 0.15) is 24.5 Å². The van der Waals surface area contributed by atoms with Gasteiger partial charge in [0, 0.05) is 43.1 Å². The lowest BCUT2D eigenvalue weighted by atomic mass is 10.1. The van der Waals surface area contributed by atoms with Crippen LogP contribution in [0.5, 0.6) is 0 Å². The van der Waals surface area contributed by atoms with Crippen LogP contribution in [0.15, 0.2) is 36.4 Å². The molecular weight excluding hydrogens is 500 g/mol. The maximum Gasteiger partial charge on any atom is 0.510 e. The molecule has 0 bridgehead atoms. The van der Waals surface area contributed by atoms with Crippen molar-refractivity contribution in [1.29, 1.82) is 0 Å². The van der Waals surface area contributed by atoms with E-state index in [1.54, 1.807) is 11.5 Å². The van der Waals surface area contributed by atoms with E-state index in [1.165, 1.54) is 15.0 Å². The molecule has 0 radical (unpaired) electrons. The lowest BCUT2D eigenvalue weighted by Crippen LogP contribution is -2.47. The highest BCUT2D eigenvalue weighted by molar-refractivity contribution is 7.13. The predicted octanol–water partition coefficient (Wildman–Crippen LogP) is 4.72. The Bertz CT molecular complexity index is 1260. The van der Waals surface area contributed by atoms with E-state index in [0.717, 1.165) is 56.1 Å². The number of aromatic nitrogens is 1. The highest BCUT2D eigenvalue weighted by atomic mass is 35.5. The standard InChI is InChI=1S/C26H29ClN4O4S/c1-2-13-34-26(33)35-17-31-22-16-21(27)18(14-19(22)15-24(31)32)7-8-29-9-11-30(12-10-29)25-20-5-3-4-6-23(20)36-28-25/h3-6,14,16H,2,7-13,15,17H2,1H3. The quantitative estimate of drug-likeness (QED) is 0.391. The van der Waals surface area contributed by atoms with E-state index in [4.69, 9.17) is 25.4 Å². The van der Waals surface area contributed by atoms with Crippen molar-refractivity contribution in [2.45, 2.75) is 26.2 Å². The number of hydrogen-bond acceptors (Lipinski definition) is 8. The molecule has 8 nitrogen and oxygen atoms in total. The molecule has 1 amide bonds. The molecule has 0 saturated carbocycles. The first-order valence-corrected chi connectivity index (χ1v) is 13.4. The lowest BCUT2D eigenvalue weighted by molar-refractivity contribution is -0.118. The molecule has 0 unspecified atom stereocenters. The van der Waals surface area contributed by atoms with E-state index >= 15 is 0 Å². The second-order valence-corrected chi connectivity index (χ2v) is 10.2. The Morgan fingerprint density at radius 1 is 1.14 bits per heavy atom. The van der Waals surface area contributed by atoms with E-state index in [2.05, 4.69) is 34.1 Å². The molecular formula is C26H29ClN4O4S. The number of nitrogens with zero attached hydrogens (tertiary/aromatic N) is 4. The number of benzene rings is 2. The van der Waals surface area contributed by atoms with Gasteiger partial charge >= 0.3 is 6.16 Å². The number of hydrogen-bond donors (Lipinski definition) is 0. The van der Waals surface area contributed by atoms with Crippen LogP contribution in [0.2, 0.25) is 5.02 Å². The van der Waals surface area contributed by atoms with Gasteiger partial charge in [-0.3, -0.25) is 14.6 Å². The minimum Gasteiger partial charge on any atom is -0.434 e. The monoisotopic (exact) mass is 528 g/mol. The zero-order valence-electron chi connectivity index (χ0n) is 20.2. The van der Waals surface area contributed by atoms with Crippen LogP contribution in [0.3, 0.4) is 0 Å². The second kappa shape index (κ2) is 11.0. The Balaban J connectivity index is 1.16. The van der Waals surface area contributed by atoms with Crippen LogP contribution in [-0.2, 0) is 27.1 Å². The number of rotatable bonds is 8. The van der Waals surface area contributed by atoms with Gasteiger partial charge in [-0.05, 0) is 53.7 Å². The molecule has 3 aromatic rings. The SMILES string of the molecule is CCCOC(=O)OCN1C(=O)Cc2cc(CCN3CCN(c4nsc5ccccc45)CC3)c(Cl)cc21. The van der Waals surface area contributed by atoms with E-state index in [0.29, 0.717) is 17.1 Å². The van der Waals surface area contributed by atoms with E-state index < -0.39 is 6.16 Å². The van der Waals surface area contributed by atoms with Crippen molar-refractivity contribution in [1.82, 2.24) is 9.27 Å². The number of amides is 1. The topological polar surface area (TPSA) is 75.2 Å². The van der Waals surface area contributed by atoms with E-state index in [9.17, 15) is 9.59 Å². The van der Waals surface area contributed by atoms with Gasteiger partial charge in [0.25, 0.3) is 0 Å². The molecule has 2 aliphatic rings. The molecule has 0 atom stereocenters. The summed E-state index contributed by atoms with van der Waals surface area (Å²) in [5, 5.41) is 1.85. The number of halogens is 1. The molecule has 1 saturated heterocycles. The first-order valence-electron chi connectivity index (χ1n) is 12.3. The van der Waals surface area contributed by atoms with Crippen molar-refractivity contribution in [3.63, 3.8) is 0 Å². The zero-order valence-corrected chi connectivity index (χ0v) is 21.8. The fraction of sp³-hybridized carbons (Fsp3) is 0.423. The number of carbonyl (C=O) groups is 2. The smallest absolute Gasteiger partial charge is 0.434 e. The summed E-state index contributed by atoms with van der Waals surface area (Å²) in [4.78, 5) is 30.5. The van der Waals surface area contributed by atoms with Crippen LogP contribution < -0.4 is 9.80 Å². The average Bonchev–Trinajstić information content (AvgIpc) is 3.45. The molecule has 0 spiro atoms. The maximum absolute atomic E-state index is 12.5. The summed E-state index contributed by atoms with van der Waals surface area (Å²) in [6.07, 6.45) is 1.01. The average molecular weight is 529 g/mol. The number of anilines is 2. The normalized spacial score (nSPS) is 16.0. The van der Waals surface area contributed by atoms with Crippen molar-refractivity contribution in [3.8, 4) is 0 Å². The minimum absolute atomic E-state index is 0.118. The third-order valence-corrected chi connectivity index (χ3v) is 7.81. The molecule has 2 aromatic carbocycles. The summed E-state index contributed by atoms with van der Waals surface area (Å²) in [6.45, 7) is 6.72. The molecule has 5 rings (SSSR count). The molecule has 36 heavy (non-hydrogen) atoms. The van der Waals surface area contributed by atoms with Gasteiger partial charge in [0.05, 0.1) is 23.4 Å². The minimum atomic E-state index is -0.774. The molecule has 190 valence electrons. The Hall–Kier alpha value is -2.88. The Labute approximate surface area is 219 Å². The van der Waals surface area contributed by atoms with Crippen molar-refractivity contribution in [2.75, 3.05) is 55.9 Å². The van der Waals surface area contributed by atoms with Crippen LogP contribution in [-0.4, -0.2) is 67.4 Å². The van der Waals surface area contributed by atoms with Gasteiger partial charge in [-0.1, -0.05) is 36.7 Å². The summed E-state index contributed by atoms with van der Waals surface area (Å²) < 4.78 is 15.9. The number of ether oxygens (including phenoxy) is 2. The highest BCUT2D eigenvalue weighted by Gasteiger charge is 2.30. The largest absolute Gasteiger partial charge is 0.510 e. The highest BCUT2D eigenvalue weighted by Crippen LogP contribution is 2.34. The predicted molar refractivity (Wildman–Crippen MR) is 142 cm³/mol. The van der Waals surface area contributed by atoms with Crippen LogP contribution in [0.4, 0.5) is 16.3 Å². The number of fused-ring (bicyclic) bond motifs is 2. The summed E-state index contributed by atoms with van der Waals surface area (Å²) in [6, 6.07) is 12.2. The summed E-state index contributed by atoms with van der Waals surface area (Å²) >= 11 is 8.17.